The predicted molar refractivity (Wildman–Crippen MR) is 84.7 cm³/mol. The van der Waals surface area contributed by atoms with Crippen LogP contribution in [0.25, 0.3) is 0 Å². The second-order valence-corrected chi connectivity index (χ2v) is 5.57. The Bertz CT molecular complexity index is 663. The number of pyridine rings is 1. The van der Waals surface area contributed by atoms with Gasteiger partial charge in [0.2, 0.25) is 5.91 Å². The average Bonchev–Trinajstić information content (AvgIpc) is 2.41. The molecule has 2 rings (SSSR count). The molecule has 0 saturated carbocycles. The average molecular weight is 352 g/mol. The Morgan fingerprint density at radius 2 is 2.14 bits per heavy atom. The van der Waals surface area contributed by atoms with Crippen molar-refractivity contribution in [3.8, 4) is 0 Å². The third-order valence-corrected chi connectivity index (χ3v) is 3.30. The fraction of sp³-hybridized carbons (Fsp3) is 0.200. The summed E-state index contributed by atoms with van der Waals surface area (Å²) in [7, 11) is 0. The number of aromatic nitrogens is 1. The first-order valence-corrected chi connectivity index (χ1v) is 7.20. The van der Waals surface area contributed by atoms with Gasteiger partial charge in [0, 0.05) is 23.3 Å². The van der Waals surface area contributed by atoms with Gasteiger partial charge in [0.1, 0.15) is 0 Å². The van der Waals surface area contributed by atoms with Crippen LogP contribution in [0.5, 0.6) is 0 Å². The zero-order chi connectivity index (χ0) is 15.4. The first-order chi connectivity index (χ1) is 9.95. The Morgan fingerprint density at radius 1 is 1.38 bits per heavy atom. The molecule has 0 radical (unpaired) electrons. The molecule has 6 heteroatoms. The first kappa shape index (κ1) is 15.4. The van der Waals surface area contributed by atoms with Crippen LogP contribution in [0.1, 0.15) is 25.5 Å². The predicted octanol–water partition coefficient (Wildman–Crippen LogP) is 4.11. The highest BCUT2D eigenvalue weighted by Crippen LogP contribution is 2.23. The van der Waals surface area contributed by atoms with Crippen molar-refractivity contribution in [2.24, 2.45) is 0 Å². The van der Waals surface area contributed by atoms with Crippen molar-refractivity contribution in [3.05, 3.63) is 52.4 Å². The van der Waals surface area contributed by atoms with Crippen molar-refractivity contribution in [3.63, 3.8) is 0 Å². The molecule has 0 aliphatic carbocycles. The quantitative estimate of drug-likeness (QED) is 0.871. The molecule has 1 aromatic heterocycles. The number of hydrogen-bond acceptors (Lipinski definition) is 3. The van der Waals surface area contributed by atoms with Crippen LogP contribution in [-0.4, -0.2) is 10.9 Å². The molecular weight excluding hydrogens is 337 g/mol. The molecule has 110 valence electrons. The van der Waals surface area contributed by atoms with E-state index in [1.807, 2.05) is 25.1 Å². The smallest absolute Gasteiger partial charge is 0.221 e. The molecule has 0 aliphatic heterocycles. The normalized spacial score (nSPS) is 11.8. The summed E-state index contributed by atoms with van der Waals surface area (Å²) >= 11 is 3.17. The lowest BCUT2D eigenvalue weighted by Crippen LogP contribution is -2.11. The molecule has 0 bridgehead atoms. The van der Waals surface area contributed by atoms with Gasteiger partial charge in [0.05, 0.1) is 6.04 Å². The zero-order valence-electron chi connectivity index (χ0n) is 11.7. The summed E-state index contributed by atoms with van der Waals surface area (Å²) in [5, 5.41) is 5.73. The summed E-state index contributed by atoms with van der Waals surface area (Å²) in [5.41, 5.74) is 1.63. The highest BCUT2D eigenvalue weighted by Gasteiger charge is 2.11. The van der Waals surface area contributed by atoms with Gasteiger partial charge in [0.25, 0.3) is 0 Å². The number of halogens is 2. The Hall–Kier alpha value is -1.95. The Balaban J connectivity index is 2.16. The maximum atomic E-state index is 13.8. The van der Waals surface area contributed by atoms with Crippen LogP contribution in [-0.2, 0) is 4.79 Å². The van der Waals surface area contributed by atoms with Crippen LogP contribution in [0.4, 0.5) is 15.9 Å². The molecule has 1 atom stereocenters. The summed E-state index contributed by atoms with van der Waals surface area (Å²) in [6.07, 6.45) is 1.53. The van der Waals surface area contributed by atoms with Gasteiger partial charge < -0.3 is 10.6 Å². The first-order valence-electron chi connectivity index (χ1n) is 6.41. The fourth-order valence-corrected chi connectivity index (χ4v) is 2.20. The highest BCUT2D eigenvalue weighted by molar-refractivity contribution is 9.10. The lowest BCUT2D eigenvalue weighted by Gasteiger charge is -2.16. The molecule has 0 fully saturated rings. The van der Waals surface area contributed by atoms with Gasteiger partial charge in [-0.05, 0) is 46.6 Å². The maximum absolute atomic E-state index is 13.8. The minimum atomic E-state index is -0.422. The number of carbonyl (C=O) groups excluding carboxylic acids is 1. The number of rotatable bonds is 4. The number of nitrogens with zero attached hydrogens (tertiary/aromatic N) is 1. The van der Waals surface area contributed by atoms with Crippen LogP contribution < -0.4 is 10.6 Å². The molecule has 1 amide bonds. The lowest BCUT2D eigenvalue weighted by atomic mass is 10.1. The summed E-state index contributed by atoms with van der Waals surface area (Å²) in [6, 6.07) is 8.59. The van der Waals surface area contributed by atoms with E-state index in [0.717, 1.165) is 5.56 Å². The summed E-state index contributed by atoms with van der Waals surface area (Å²) in [4.78, 5) is 15.1. The molecule has 0 spiro atoms. The molecular formula is C15H15BrFN3O. The van der Waals surface area contributed by atoms with E-state index in [-0.39, 0.29) is 17.8 Å². The highest BCUT2D eigenvalue weighted by atomic mass is 79.9. The van der Waals surface area contributed by atoms with Crippen LogP contribution >= 0.6 is 15.9 Å². The molecule has 4 nitrogen and oxygen atoms in total. The molecule has 1 unspecified atom stereocenters. The standard InChI is InChI=1S/C15H15BrFN3O/c1-9(19-15-14(17)7-12(16)8-18-15)11-4-3-5-13(6-11)20-10(2)21/h3-9H,1-2H3,(H,18,19)(H,20,21). The summed E-state index contributed by atoms with van der Waals surface area (Å²) in [5.74, 6) is -0.363. The minimum absolute atomic E-state index is 0.131. The number of nitrogens with one attached hydrogen (secondary N) is 2. The molecule has 2 N–H and O–H groups in total. The number of carbonyl (C=O) groups is 1. The van der Waals surface area contributed by atoms with Crippen molar-refractivity contribution in [2.75, 3.05) is 10.6 Å². The van der Waals surface area contributed by atoms with E-state index in [1.54, 1.807) is 6.07 Å². The van der Waals surface area contributed by atoms with Crippen molar-refractivity contribution >= 4 is 33.3 Å². The molecule has 0 aliphatic rings. The molecule has 1 aromatic carbocycles. The van der Waals surface area contributed by atoms with Crippen LogP contribution in [0.2, 0.25) is 0 Å². The SMILES string of the molecule is CC(=O)Nc1cccc(C(C)Nc2ncc(Br)cc2F)c1. The largest absolute Gasteiger partial charge is 0.361 e. The third kappa shape index (κ3) is 4.26. The second-order valence-electron chi connectivity index (χ2n) is 4.66. The molecule has 2 aromatic rings. The Morgan fingerprint density at radius 3 is 2.81 bits per heavy atom. The van der Waals surface area contributed by atoms with Gasteiger partial charge >= 0.3 is 0 Å². The minimum Gasteiger partial charge on any atom is -0.361 e. The van der Waals surface area contributed by atoms with Gasteiger partial charge in [-0.1, -0.05) is 12.1 Å². The van der Waals surface area contributed by atoms with Gasteiger partial charge in [0.15, 0.2) is 11.6 Å². The Kier molecular flexibility index (Phi) is 4.90. The van der Waals surface area contributed by atoms with Crippen LogP contribution in [0.3, 0.4) is 0 Å². The summed E-state index contributed by atoms with van der Waals surface area (Å²) < 4.78 is 14.4. The number of benzene rings is 1. The van der Waals surface area contributed by atoms with Gasteiger partial charge in [-0.15, -0.1) is 0 Å². The van der Waals surface area contributed by atoms with E-state index in [1.165, 1.54) is 19.2 Å². The van der Waals surface area contributed by atoms with Gasteiger partial charge in [-0.3, -0.25) is 4.79 Å². The van der Waals surface area contributed by atoms with Crippen LogP contribution in [0, 0.1) is 5.82 Å². The van der Waals surface area contributed by atoms with E-state index in [0.29, 0.717) is 10.2 Å². The fourth-order valence-electron chi connectivity index (χ4n) is 1.90. The van der Waals surface area contributed by atoms with Crippen molar-refractivity contribution in [1.82, 2.24) is 4.98 Å². The lowest BCUT2D eigenvalue weighted by molar-refractivity contribution is -0.114. The van der Waals surface area contributed by atoms with Crippen molar-refractivity contribution < 1.29 is 9.18 Å². The van der Waals surface area contributed by atoms with E-state index < -0.39 is 5.82 Å². The summed E-state index contributed by atoms with van der Waals surface area (Å²) in [6.45, 7) is 3.35. The Labute approximate surface area is 130 Å². The van der Waals surface area contributed by atoms with Gasteiger partial charge in [-0.2, -0.15) is 0 Å². The second kappa shape index (κ2) is 6.67. The van der Waals surface area contributed by atoms with Crippen molar-refractivity contribution in [1.29, 1.82) is 0 Å². The van der Waals surface area contributed by atoms with Gasteiger partial charge in [-0.25, -0.2) is 9.37 Å². The number of amides is 1. The molecule has 1 heterocycles. The molecule has 0 saturated heterocycles. The van der Waals surface area contributed by atoms with E-state index in [9.17, 15) is 9.18 Å². The maximum Gasteiger partial charge on any atom is 0.221 e. The molecule has 21 heavy (non-hydrogen) atoms. The van der Waals surface area contributed by atoms with Crippen LogP contribution in [0.15, 0.2) is 41.0 Å². The van der Waals surface area contributed by atoms with E-state index in [4.69, 9.17) is 0 Å². The zero-order valence-corrected chi connectivity index (χ0v) is 13.2. The van der Waals surface area contributed by atoms with Crippen molar-refractivity contribution in [2.45, 2.75) is 19.9 Å². The van der Waals surface area contributed by atoms with E-state index in [2.05, 4.69) is 31.5 Å². The third-order valence-electron chi connectivity index (χ3n) is 2.87. The monoisotopic (exact) mass is 351 g/mol. The number of anilines is 2. The topological polar surface area (TPSA) is 54.0 Å². The van der Waals surface area contributed by atoms with E-state index >= 15 is 0 Å². The number of hydrogen-bond donors (Lipinski definition) is 2.